The zero-order valence-electron chi connectivity index (χ0n) is 11.4. The molecule has 2 rings (SSSR count). The standard InChI is InChI=1S/C15H16BrN3O/c1-10(2)18-13-6-7-14(17-9-13)15(20)19-12-5-3-4-11(16)8-12/h3-10,18H,1-2H3,(H,19,20). The fraction of sp³-hybridized carbons (Fsp3) is 0.200. The molecule has 104 valence electrons. The highest BCUT2D eigenvalue weighted by molar-refractivity contribution is 9.10. The van der Waals surface area contributed by atoms with Gasteiger partial charge >= 0.3 is 0 Å². The van der Waals surface area contributed by atoms with Crippen molar-refractivity contribution in [2.75, 3.05) is 10.6 Å². The molecule has 20 heavy (non-hydrogen) atoms. The number of rotatable bonds is 4. The van der Waals surface area contributed by atoms with Gasteiger partial charge in [-0.3, -0.25) is 4.79 Å². The second-order valence-corrected chi connectivity index (χ2v) is 5.61. The topological polar surface area (TPSA) is 54.0 Å². The average molecular weight is 334 g/mol. The van der Waals surface area contributed by atoms with E-state index in [4.69, 9.17) is 0 Å². The lowest BCUT2D eigenvalue weighted by molar-refractivity contribution is 0.102. The normalized spacial score (nSPS) is 10.4. The molecular formula is C15H16BrN3O. The van der Waals surface area contributed by atoms with Crippen LogP contribution < -0.4 is 10.6 Å². The van der Waals surface area contributed by atoms with Gasteiger partial charge in [-0.1, -0.05) is 22.0 Å². The molecule has 5 heteroatoms. The summed E-state index contributed by atoms with van der Waals surface area (Å²) in [7, 11) is 0. The first-order valence-electron chi connectivity index (χ1n) is 6.34. The Morgan fingerprint density at radius 2 is 2.00 bits per heavy atom. The minimum Gasteiger partial charge on any atom is -0.382 e. The Morgan fingerprint density at radius 1 is 1.20 bits per heavy atom. The number of amides is 1. The van der Waals surface area contributed by atoms with Gasteiger partial charge in [0.25, 0.3) is 5.91 Å². The van der Waals surface area contributed by atoms with Crippen LogP contribution in [-0.4, -0.2) is 16.9 Å². The molecule has 0 unspecified atom stereocenters. The van der Waals surface area contributed by atoms with Gasteiger partial charge in [0, 0.05) is 16.2 Å². The van der Waals surface area contributed by atoms with Crippen molar-refractivity contribution in [1.82, 2.24) is 4.98 Å². The van der Waals surface area contributed by atoms with Crippen LogP contribution >= 0.6 is 15.9 Å². The number of nitrogens with one attached hydrogen (secondary N) is 2. The van der Waals surface area contributed by atoms with E-state index in [1.807, 2.05) is 44.2 Å². The number of hydrogen-bond donors (Lipinski definition) is 2. The molecule has 0 saturated heterocycles. The first kappa shape index (κ1) is 14.5. The summed E-state index contributed by atoms with van der Waals surface area (Å²) in [5, 5.41) is 6.04. The SMILES string of the molecule is CC(C)Nc1ccc(C(=O)Nc2cccc(Br)c2)nc1. The quantitative estimate of drug-likeness (QED) is 0.891. The second kappa shape index (κ2) is 6.52. The largest absolute Gasteiger partial charge is 0.382 e. The molecule has 0 saturated carbocycles. The van der Waals surface area contributed by atoms with Crippen molar-refractivity contribution >= 4 is 33.2 Å². The summed E-state index contributed by atoms with van der Waals surface area (Å²) in [4.78, 5) is 16.2. The Hall–Kier alpha value is -1.88. The van der Waals surface area contributed by atoms with E-state index in [0.29, 0.717) is 11.7 Å². The summed E-state index contributed by atoms with van der Waals surface area (Å²) in [6, 6.07) is 11.3. The van der Waals surface area contributed by atoms with Crippen molar-refractivity contribution in [3.63, 3.8) is 0 Å². The Morgan fingerprint density at radius 3 is 2.60 bits per heavy atom. The third kappa shape index (κ3) is 4.06. The maximum atomic E-state index is 12.0. The van der Waals surface area contributed by atoms with Crippen LogP contribution in [0.2, 0.25) is 0 Å². The van der Waals surface area contributed by atoms with Crippen LogP contribution in [0.1, 0.15) is 24.3 Å². The third-order valence-corrected chi connectivity index (χ3v) is 3.03. The number of halogens is 1. The third-order valence-electron chi connectivity index (χ3n) is 2.53. The summed E-state index contributed by atoms with van der Waals surface area (Å²) in [6.07, 6.45) is 1.66. The highest BCUT2D eigenvalue weighted by Gasteiger charge is 2.08. The Kier molecular flexibility index (Phi) is 4.74. The molecule has 2 N–H and O–H groups in total. The predicted molar refractivity (Wildman–Crippen MR) is 85.1 cm³/mol. The van der Waals surface area contributed by atoms with Crippen LogP contribution in [0.25, 0.3) is 0 Å². The molecule has 1 aromatic carbocycles. The van der Waals surface area contributed by atoms with Gasteiger partial charge in [0.05, 0.1) is 11.9 Å². The summed E-state index contributed by atoms with van der Waals surface area (Å²) in [5.74, 6) is -0.223. The predicted octanol–water partition coefficient (Wildman–Crippen LogP) is 3.92. The zero-order valence-corrected chi connectivity index (χ0v) is 12.9. The molecule has 0 aliphatic carbocycles. The molecule has 1 heterocycles. The number of carbonyl (C=O) groups excluding carboxylic acids is 1. The summed E-state index contributed by atoms with van der Waals surface area (Å²) in [6.45, 7) is 4.10. The molecule has 0 bridgehead atoms. The van der Waals surface area contributed by atoms with Crippen LogP contribution in [0.15, 0.2) is 47.1 Å². The van der Waals surface area contributed by atoms with Crippen molar-refractivity contribution in [3.8, 4) is 0 Å². The zero-order chi connectivity index (χ0) is 14.5. The average Bonchev–Trinajstić information content (AvgIpc) is 2.38. The highest BCUT2D eigenvalue weighted by atomic mass is 79.9. The fourth-order valence-electron chi connectivity index (χ4n) is 1.71. The lowest BCUT2D eigenvalue weighted by atomic mass is 10.2. The summed E-state index contributed by atoms with van der Waals surface area (Å²) >= 11 is 3.37. The van der Waals surface area contributed by atoms with E-state index in [1.54, 1.807) is 12.3 Å². The van der Waals surface area contributed by atoms with Gasteiger partial charge in [0.15, 0.2) is 0 Å². The van der Waals surface area contributed by atoms with E-state index in [1.165, 1.54) is 0 Å². The molecule has 0 radical (unpaired) electrons. The molecule has 4 nitrogen and oxygen atoms in total. The van der Waals surface area contributed by atoms with Crippen LogP contribution in [0.5, 0.6) is 0 Å². The molecule has 1 amide bonds. The van der Waals surface area contributed by atoms with Gasteiger partial charge in [-0.2, -0.15) is 0 Å². The fourth-order valence-corrected chi connectivity index (χ4v) is 2.11. The van der Waals surface area contributed by atoms with Gasteiger partial charge in [0.2, 0.25) is 0 Å². The minimum atomic E-state index is -0.223. The van der Waals surface area contributed by atoms with Crippen molar-refractivity contribution in [3.05, 3.63) is 52.8 Å². The Labute approximate surface area is 126 Å². The van der Waals surface area contributed by atoms with Crippen molar-refractivity contribution in [1.29, 1.82) is 0 Å². The molecular weight excluding hydrogens is 318 g/mol. The van der Waals surface area contributed by atoms with Crippen LogP contribution in [0.3, 0.4) is 0 Å². The first-order chi connectivity index (χ1) is 9.54. The van der Waals surface area contributed by atoms with E-state index < -0.39 is 0 Å². The maximum Gasteiger partial charge on any atom is 0.274 e. The van der Waals surface area contributed by atoms with Crippen LogP contribution in [0.4, 0.5) is 11.4 Å². The van der Waals surface area contributed by atoms with Gasteiger partial charge < -0.3 is 10.6 Å². The van der Waals surface area contributed by atoms with Crippen LogP contribution in [-0.2, 0) is 0 Å². The highest BCUT2D eigenvalue weighted by Crippen LogP contribution is 2.16. The summed E-state index contributed by atoms with van der Waals surface area (Å²) in [5.41, 5.74) is 2.02. The second-order valence-electron chi connectivity index (χ2n) is 4.70. The Balaban J connectivity index is 2.06. The van der Waals surface area contributed by atoms with Gasteiger partial charge in [-0.15, -0.1) is 0 Å². The van der Waals surface area contributed by atoms with Gasteiger partial charge in [0.1, 0.15) is 5.69 Å². The number of nitrogens with zero attached hydrogens (tertiary/aromatic N) is 1. The van der Waals surface area contributed by atoms with Gasteiger partial charge in [-0.25, -0.2) is 4.98 Å². The lowest BCUT2D eigenvalue weighted by Crippen LogP contribution is -2.14. The number of anilines is 2. The number of aromatic nitrogens is 1. The van der Waals surface area contributed by atoms with E-state index >= 15 is 0 Å². The minimum absolute atomic E-state index is 0.223. The van der Waals surface area contributed by atoms with Crippen molar-refractivity contribution < 1.29 is 4.79 Å². The lowest BCUT2D eigenvalue weighted by Gasteiger charge is -2.10. The molecule has 1 aromatic heterocycles. The monoisotopic (exact) mass is 333 g/mol. The van der Waals surface area contributed by atoms with E-state index in [9.17, 15) is 4.79 Å². The number of pyridine rings is 1. The van der Waals surface area contributed by atoms with E-state index in [2.05, 4.69) is 31.5 Å². The number of benzene rings is 1. The summed E-state index contributed by atoms with van der Waals surface area (Å²) < 4.78 is 0.916. The van der Waals surface area contributed by atoms with Gasteiger partial charge in [-0.05, 0) is 44.2 Å². The molecule has 0 aliphatic heterocycles. The Bertz CT molecular complexity index is 596. The number of hydrogen-bond acceptors (Lipinski definition) is 3. The first-order valence-corrected chi connectivity index (χ1v) is 7.13. The molecule has 0 fully saturated rings. The molecule has 0 spiro atoms. The van der Waals surface area contributed by atoms with Crippen LogP contribution in [0, 0.1) is 0 Å². The molecule has 0 aliphatic rings. The van der Waals surface area contributed by atoms with Crippen molar-refractivity contribution in [2.45, 2.75) is 19.9 Å². The van der Waals surface area contributed by atoms with E-state index in [0.717, 1.165) is 15.8 Å². The smallest absolute Gasteiger partial charge is 0.274 e. The van der Waals surface area contributed by atoms with Crippen molar-refractivity contribution in [2.24, 2.45) is 0 Å². The van der Waals surface area contributed by atoms with E-state index in [-0.39, 0.29) is 5.91 Å². The number of carbonyl (C=O) groups is 1. The maximum absolute atomic E-state index is 12.0. The molecule has 2 aromatic rings. The molecule has 0 atom stereocenters.